The third kappa shape index (κ3) is 3.37. The highest BCUT2D eigenvalue weighted by Crippen LogP contribution is 2.32. The van der Waals surface area contributed by atoms with Crippen LogP contribution in [0.25, 0.3) is 0 Å². The SMILES string of the molecule is CC(C)C(C)(C)[SiH2]N(C)C. The maximum absolute atomic E-state index is 2.39. The molecule has 0 aromatic carbocycles. The van der Waals surface area contributed by atoms with Gasteiger partial charge in [0.05, 0.1) is 0 Å². The Balaban J connectivity index is 3.87. The maximum Gasteiger partial charge on any atom is 0.100 e. The molecule has 1 nitrogen and oxygen atoms in total. The number of rotatable bonds is 3. The van der Waals surface area contributed by atoms with Gasteiger partial charge < -0.3 is 4.57 Å². The van der Waals surface area contributed by atoms with Crippen LogP contribution < -0.4 is 0 Å². The highest BCUT2D eigenvalue weighted by molar-refractivity contribution is 6.36. The van der Waals surface area contributed by atoms with Crippen molar-refractivity contribution < 1.29 is 0 Å². The Morgan fingerprint density at radius 1 is 1.20 bits per heavy atom. The quantitative estimate of drug-likeness (QED) is 0.564. The summed E-state index contributed by atoms with van der Waals surface area (Å²) < 4.78 is 2.39. The zero-order valence-electron chi connectivity index (χ0n) is 8.23. The topological polar surface area (TPSA) is 3.24 Å². The van der Waals surface area contributed by atoms with Crippen molar-refractivity contribution in [3.05, 3.63) is 0 Å². The molecule has 10 heavy (non-hydrogen) atoms. The Labute approximate surface area is 67.7 Å². The Bertz CT molecular complexity index is 97.4. The Morgan fingerprint density at radius 2 is 1.60 bits per heavy atom. The van der Waals surface area contributed by atoms with Gasteiger partial charge in [0.25, 0.3) is 0 Å². The van der Waals surface area contributed by atoms with Crippen molar-refractivity contribution in [3.63, 3.8) is 0 Å². The molecule has 0 saturated carbocycles. The lowest BCUT2D eigenvalue weighted by Gasteiger charge is -2.31. The summed E-state index contributed by atoms with van der Waals surface area (Å²) in [6.07, 6.45) is 0. The molecule has 0 amide bonds. The van der Waals surface area contributed by atoms with E-state index in [9.17, 15) is 0 Å². The van der Waals surface area contributed by atoms with Gasteiger partial charge in [0.2, 0.25) is 0 Å². The van der Waals surface area contributed by atoms with Gasteiger partial charge in [0, 0.05) is 0 Å². The van der Waals surface area contributed by atoms with Crippen molar-refractivity contribution in [1.82, 2.24) is 4.57 Å². The smallest absolute Gasteiger partial charge is 0.100 e. The molecule has 0 rings (SSSR count). The lowest BCUT2D eigenvalue weighted by atomic mass is 9.99. The van der Waals surface area contributed by atoms with E-state index >= 15 is 0 Å². The molecule has 0 aliphatic carbocycles. The minimum absolute atomic E-state index is 0.0401. The average Bonchev–Trinajstić information content (AvgIpc) is 1.60. The monoisotopic (exact) mass is 159 g/mol. The van der Waals surface area contributed by atoms with E-state index < -0.39 is 0 Å². The third-order valence-corrected chi connectivity index (χ3v) is 4.55. The molecule has 0 saturated heterocycles. The van der Waals surface area contributed by atoms with E-state index in [2.05, 4.69) is 46.4 Å². The fraction of sp³-hybridized carbons (Fsp3) is 1.00. The lowest BCUT2D eigenvalue weighted by Crippen LogP contribution is -2.31. The summed E-state index contributed by atoms with van der Waals surface area (Å²) in [6.45, 7) is 9.39. The first-order valence-electron chi connectivity index (χ1n) is 4.01. The molecule has 0 N–H and O–H groups in total. The summed E-state index contributed by atoms with van der Waals surface area (Å²) in [5.74, 6) is 0.821. The zero-order valence-corrected chi connectivity index (χ0v) is 9.65. The van der Waals surface area contributed by atoms with Crippen LogP contribution in [0.4, 0.5) is 0 Å². The molecule has 0 aromatic rings. The molecule has 0 bridgehead atoms. The molecule has 0 fully saturated rings. The second-order valence-electron chi connectivity index (χ2n) is 4.38. The molecule has 0 aliphatic heterocycles. The van der Waals surface area contributed by atoms with E-state index in [-0.39, 0.29) is 9.68 Å². The van der Waals surface area contributed by atoms with Crippen LogP contribution in [0.3, 0.4) is 0 Å². The van der Waals surface area contributed by atoms with Gasteiger partial charge in [-0.25, -0.2) is 0 Å². The van der Waals surface area contributed by atoms with Gasteiger partial charge in [-0.1, -0.05) is 27.7 Å². The van der Waals surface area contributed by atoms with Gasteiger partial charge in [0.1, 0.15) is 9.68 Å². The van der Waals surface area contributed by atoms with Crippen LogP contribution in [-0.4, -0.2) is 28.3 Å². The van der Waals surface area contributed by atoms with Crippen molar-refractivity contribution in [1.29, 1.82) is 0 Å². The molecule has 0 radical (unpaired) electrons. The van der Waals surface area contributed by atoms with E-state index in [1.54, 1.807) is 0 Å². The molecule has 0 spiro atoms. The molecule has 0 atom stereocenters. The van der Waals surface area contributed by atoms with Crippen LogP contribution in [0.15, 0.2) is 0 Å². The molecule has 0 aliphatic rings. The summed E-state index contributed by atoms with van der Waals surface area (Å²) in [6, 6.07) is 0. The maximum atomic E-state index is 2.39. The lowest BCUT2D eigenvalue weighted by molar-refractivity contribution is 0.446. The first-order chi connectivity index (χ1) is 4.36. The number of hydrogen-bond donors (Lipinski definition) is 0. The van der Waals surface area contributed by atoms with Crippen LogP contribution >= 0.6 is 0 Å². The van der Waals surface area contributed by atoms with Crippen LogP contribution in [-0.2, 0) is 0 Å². The Kier molecular flexibility index (Phi) is 3.60. The summed E-state index contributed by atoms with van der Waals surface area (Å²) in [5, 5.41) is 0.587. The van der Waals surface area contributed by atoms with Crippen LogP contribution in [0, 0.1) is 5.92 Å². The summed E-state index contributed by atoms with van der Waals surface area (Å²) >= 11 is 0. The second kappa shape index (κ2) is 3.53. The summed E-state index contributed by atoms with van der Waals surface area (Å²) in [4.78, 5) is 0. The van der Waals surface area contributed by atoms with E-state index in [1.165, 1.54) is 0 Å². The Morgan fingerprint density at radius 3 is 1.70 bits per heavy atom. The molecule has 62 valence electrons. The van der Waals surface area contributed by atoms with Gasteiger partial charge in [-0.3, -0.25) is 0 Å². The van der Waals surface area contributed by atoms with Crippen molar-refractivity contribution in [3.8, 4) is 0 Å². The fourth-order valence-electron chi connectivity index (χ4n) is 0.998. The first-order valence-corrected chi connectivity index (χ1v) is 5.35. The third-order valence-electron chi connectivity index (χ3n) is 2.29. The molecule has 0 aromatic heterocycles. The molecule has 0 heterocycles. The van der Waals surface area contributed by atoms with Crippen LogP contribution in [0.1, 0.15) is 27.7 Å². The molecule has 2 heteroatoms. The highest BCUT2D eigenvalue weighted by Gasteiger charge is 2.23. The molecular weight excluding hydrogens is 138 g/mol. The fourth-order valence-corrected chi connectivity index (χ4v) is 2.99. The Hall–Kier alpha value is 0.177. The predicted molar refractivity (Wildman–Crippen MR) is 51.1 cm³/mol. The average molecular weight is 159 g/mol. The largest absolute Gasteiger partial charge is 0.334 e. The van der Waals surface area contributed by atoms with Crippen LogP contribution in [0.2, 0.25) is 5.04 Å². The van der Waals surface area contributed by atoms with Crippen molar-refractivity contribution >= 4 is 9.68 Å². The van der Waals surface area contributed by atoms with Crippen LogP contribution in [0.5, 0.6) is 0 Å². The number of hydrogen-bond acceptors (Lipinski definition) is 1. The van der Waals surface area contributed by atoms with Gasteiger partial charge in [-0.05, 0) is 25.1 Å². The second-order valence-corrected chi connectivity index (χ2v) is 7.78. The normalized spacial score (nSPS) is 14.4. The minimum atomic E-state index is -0.0401. The van der Waals surface area contributed by atoms with Gasteiger partial charge in [-0.2, -0.15) is 0 Å². The van der Waals surface area contributed by atoms with Crippen molar-refractivity contribution in [2.75, 3.05) is 14.1 Å². The van der Waals surface area contributed by atoms with Gasteiger partial charge in [-0.15, -0.1) is 0 Å². The molecular formula is C8H21NSi. The van der Waals surface area contributed by atoms with Gasteiger partial charge >= 0.3 is 0 Å². The number of nitrogens with zero attached hydrogens (tertiary/aromatic N) is 1. The summed E-state index contributed by atoms with van der Waals surface area (Å²) in [5.41, 5.74) is 0. The van der Waals surface area contributed by atoms with E-state index in [0.717, 1.165) is 5.92 Å². The standard InChI is InChI=1S/C8H21NSi/c1-7(2)8(3,4)10-9(5)6/h7H,10H2,1-6H3. The molecule has 0 unspecified atom stereocenters. The van der Waals surface area contributed by atoms with Gasteiger partial charge in [0.15, 0.2) is 0 Å². The van der Waals surface area contributed by atoms with Crippen molar-refractivity contribution in [2.24, 2.45) is 5.92 Å². The zero-order chi connectivity index (χ0) is 8.36. The first kappa shape index (κ1) is 10.2. The highest BCUT2D eigenvalue weighted by atomic mass is 28.2. The van der Waals surface area contributed by atoms with Crippen molar-refractivity contribution in [2.45, 2.75) is 32.7 Å². The van der Waals surface area contributed by atoms with E-state index in [4.69, 9.17) is 0 Å². The van der Waals surface area contributed by atoms with E-state index in [0.29, 0.717) is 5.04 Å². The minimum Gasteiger partial charge on any atom is -0.334 e. The van der Waals surface area contributed by atoms with E-state index in [1.807, 2.05) is 0 Å². The predicted octanol–water partition coefficient (Wildman–Crippen LogP) is 1.49. The summed E-state index contributed by atoms with van der Waals surface area (Å²) in [7, 11) is 4.34.